The van der Waals surface area contributed by atoms with E-state index in [0.717, 1.165) is 0 Å². The standard InChI is InChI=1S/C5H6N2O3/c6-7-5(8)4-2-1-3-9-10-4/h1-3H,6H2,(H,7,8). The van der Waals surface area contributed by atoms with Crippen molar-refractivity contribution in [1.29, 1.82) is 0 Å². The van der Waals surface area contributed by atoms with Crippen LogP contribution in [0.2, 0.25) is 0 Å². The van der Waals surface area contributed by atoms with Gasteiger partial charge in [-0.25, -0.2) is 5.84 Å². The maximum Gasteiger partial charge on any atom is 0.305 e. The molecule has 0 atom stereocenters. The fraction of sp³-hybridized carbons (Fsp3) is 0. The van der Waals surface area contributed by atoms with Gasteiger partial charge in [0, 0.05) is 0 Å². The summed E-state index contributed by atoms with van der Waals surface area (Å²) in [5, 5.41) is 0. The maximum absolute atomic E-state index is 10.6. The van der Waals surface area contributed by atoms with E-state index in [1.165, 1.54) is 18.4 Å². The summed E-state index contributed by atoms with van der Waals surface area (Å²) < 4.78 is 0. The minimum absolute atomic E-state index is 0.0324. The normalized spacial score (nSPS) is 14.7. The van der Waals surface area contributed by atoms with Crippen molar-refractivity contribution in [2.45, 2.75) is 0 Å². The summed E-state index contributed by atoms with van der Waals surface area (Å²) in [7, 11) is 0. The molecule has 0 saturated heterocycles. The Morgan fingerprint density at radius 1 is 1.70 bits per heavy atom. The highest BCUT2D eigenvalue weighted by molar-refractivity contribution is 5.91. The molecule has 1 rings (SSSR count). The fourth-order valence-electron chi connectivity index (χ4n) is 0.451. The van der Waals surface area contributed by atoms with Gasteiger partial charge in [0.05, 0.1) is 0 Å². The van der Waals surface area contributed by atoms with E-state index >= 15 is 0 Å². The van der Waals surface area contributed by atoms with Crippen LogP contribution < -0.4 is 11.3 Å². The molecule has 0 spiro atoms. The quantitative estimate of drug-likeness (QED) is 0.220. The van der Waals surface area contributed by atoms with Gasteiger partial charge in [-0.1, -0.05) is 0 Å². The van der Waals surface area contributed by atoms with Crippen LogP contribution in [0.4, 0.5) is 0 Å². The molecule has 1 aliphatic heterocycles. The summed E-state index contributed by atoms with van der Waals surface area (Å²) in [5.41, 5.74) is 1.89. The number of hydrogen-bond acceptors (Lipinski definition) is 4. The SMILES string of the molecule is NNC(=O)C1=CC=COO1. The molecule has 0 aromatic carbocycles. The lowest BCUT2D eigenvalue weighted by Gasteiger charge is -2.06. The van der Waals surface area contributed by atoms with E-state index in [1.807, 2.05) is 5.43 Å². The molecule has 10 heavy (non-hydrogen) atoms. The molecule has 0 aliphatic carbocycles. The van der Waals surface area contributed by atoms with E-state index in [9.17, 15) is 4.79 Å². The number of hydrogen-bond donors (Lipinski definition) is 2. The van der Waals surface area contributed by atoms with Crippen LogP contribution in [0.1, 0.15) is 0 Å². The van der Waals surface area contributed by atoms with Crippen LogP contribution in [0.3, 0.4) is 0 Å². The van der Waals surface area contributed by atoms with Crippen LogP contribution in [0.15, 0.2) is 24.2 Å². The van der Waals surface area contributed by atoms with Gasteiger partial charge >= 0.3 is 5.91 Å². The number of nitrogens with two attached hydrogens (primary N) is 1. The summed E-state index contributed by atoms with van der Waals surface area (Å²) in [5.74, 6) is 4.31. The molecular weight excluding hydrogens is 136 g/mol. The molecule has 0 aromatic rings. The van der Waals surface area contributed by atoms with E-state index in [1.54, 1.807) is 0 Å². The number of allylic oxidation sites excluding steroid dienone is 2. The molecule has 0 radical (unpaired) electrons. The Hall–Kier alpha value is -1.49. The van der Waals surface area contributed by atoms with Crippen molar-refractivity contribution in [2.24, 2.45) is 5.84 Å². The van der Waals surface area contributed by atoms with E-state index in [-0.39, 0.29) is 5.76 Å². The molecule has 0 bridgehead atoms. The molecule has 5 heteroatoms. The van der Waals surface area contributed by atoms with Crippen LogP contribution >= 0.6 is 0 Å². The lowest BCUT2D eigenvalue weighted by molar-refractivity contribution is -0.215. The van der Waals surface area contributed by atoms with Gasteiger partial charge in [-0.15, -0.1) is 0 Å². The van der Waals surface area contributed by atoms with Crippen LogP contribution in [-0.4, -0.2) is 5.91 Å². The Balaban J connectivity index is 2.62. The molecule has 5 nitrogen and oxygen atoms in total. The number of rotatable bonds is 1. The molecule has 3 N–H and O–H groups in total. The second-order valence-electron chi connectivity index (χ2n) is 1.51. The minimum atomic E-state index is -0.524. The molecule has 0 saturated carbocycles. The first kappa shape index (κ1) is 6.63. The topological polar surface area (TPSA) is 73.6 Å². The molecular formula is C5H6N2O3. The third kappa shape index (κ3) is 1.26. The van der Waals surface area contributed by atoms with Crippen molar-refractivity contribution >= 4 is 5.91 Å². The van der Waals surface area contributed by atoms with Crippen molar-refractivity contribution in [2.75, 3.05) is 0 Å². The van der Waals surface area contributed by atoms with Crippen LogP contribution in [0.25, 0.3) is 0 Å². The Labute approximate surface area is 57.0 Å². The maximum atomic E-state index is 10.6. The summed E-state index contributed by atoms with van der Waals surface area (Å²) in [6.45, 7) is 0. The largest absolute Gasteiger partial charge is 0.305 e. The number of carbonyl (C=O) groups excluding carboxylic acids is 1. The van der Waals surface area contributed by atoms with Crippen molar-refractivity contribution in [1.82, 2.24) is 5.43 Å². The smallest absolute Gasteiger partial charge is 0.298 e. The predicted molar refractivity (Wildman–Crippen MR) is 31.7 cm³/mol. The molecule has 1 heterocycles. The van der Waals surface area contributed by atoms with Gasteiger partial charge in [-0.05, 0) is 12.2 Å². The molecule has 1 aliphatic rings. The van der Waals surface area contributed by atoms with E-state index in [0.29, 0.717) is 0 Å². The number of nitrogens with one attached hydrogen (secondary N) is 1. The van der Waals surface area contributed by atoms with Gasteiger partial charge in [0.25, 0.3) is 0 Å². The number of amides is 1. The lowest BCUT2D eigenvalue weighted by Crippen LogP contribution is -2.32. The van der Waals surface area contributed by atoms with Crippen molar-refractivity contribution < 1.29 is 14.6 Å². The Bertz CT molecular complexity index is 197. The minimum Gasteiger partial charge on any atom is -0.298 e. The zero-order valence-electron chi connectivity index (χ0n) is 5.03. The molecule has 0 aromatic heterocycles. The average molecular weight is 142 g/mol. The van der Waals surface area contributed by atoms with E-state index in [2.05, 4.69) is 9.78 Å². The highest BCUT2D eigenvalue weighted by Gasteiger charge is 2.10. The first-order valence-electron chi connectivity index (χ1n) is 2.55. The molecule has 54 valence electrons. The fourth-order valence-corrected chi connectivity index (χ4v) is 0.451. The molecule has 0 unspecified atom stereocenters. The predicted octanol–water partition coefficient (Wildman–Crippen LogP) is -0.664. The number of carbonyl (C=O) groups is 1. The number of hydrazine groups is 1. The van der Waals surface area contributed by atoms with Gasteiger partial charge in [0.1, 0.15) is 6.26 Å². The average Bonchev–Trinajstić information content (AvgIpc) is 2.05. The summed E-state index contributed by atoms with van der Waals surface area (Å²) in [4.78, 5) is 19.4. The first-order valence-corrected chi connectivity index (χ1v) is 2.55. The van der Waals surface area contributed by atoms with Crippen molar-refractivity contribution in [3.05, 3.63) is 24.2 Å². The van der Waals surface area contributed by atoms with Crippen LogP contribution in [-0.2, 0) is 14.6 Å². The summed E-state index contributed by atoms with van der Waals surface area (Å²) in [6.07, 6.45) is 4.26. The van der Waals surface area contributed by atoms with Gasteiger partial charge in [0.15, 0.2) is 0 Å². The van der Waals surface area contributed by atoms with Gasteiger partial charge < -0.3 is 0 Å². The molecule has 1 amide bonds. The highest BCUT2D eigenvalue weighted by atomic mass is 17.2. The monoisotopic (exact) mass is 142 g/mol. The van der Waals surface area contributed by atoms with E-state index < -0.39 is 5.91 Å². The summed E-state index contributed by atoms with van der Waals surface area (Å²) in [6, 6.07) is 0. The highest BCUT2D eigenvalue weighted by Crippen LogP contribution is 2.03. The Morgan fingerprint density at radius 3 is 3.00 bits per heavy atom. The summed E-state index contributed by atoms with van der Waals surface area (Å²) >= 11 is 0. The van der Waals surface area contributed by atoms with Gasteiger partial charge in [0.2, 0.25) is 5.76 Å². The van der Waals surface area contributed by atoms with Crippen LogP contribution in [0.5, 0.6) is 0 Å². The second kappa shape index (κ2) is 2.88. The van der Waals surface area contributed by atoms with Crippen molar-refractivity contribution in [3.8, 4) is 0 Å². The zero-order chi connectivity index (χ0) is 7.40. The third-order valence-electron chi connectivity index (χ3n) is 0.875. The Kier molecular flexibility index (Phi) is 1.91. The third-order valence-corrected chi connectivity index (χ3v) is 0.875. The van der Waals surface area contributed by atoms with Gasteiger partial charge in [-0.2, -0.15) is 0 Å². The lowest BCUT2D eigenvalue weighted by atomic mass is 10.4. The van der Waals surface area contributed by atoms with Gasteiger partial charge in [-0.3, -0.25) is 20.0 Å². The first-order chi connectivity index (χ1) is 4.84. The molecule has 0 fully saturated rings. The second-order valence-corrected chi connectivity index (χ2v) is 1.51. The van der Waals surface area contributed by atoms with E-state index in [4.69, 9.17) is 5.84 Å². The Morgan fingerprint density at radius 2 is 2.50 bits per heavy atom. The zero-order valence-corrected chi connectivity index (χ0v) is 5.03. The van der Waals surface area contributed by atoms with Crippen LogP contribution in [0, 0.1) is 0 Å². The van der Waals surface area contributed by atoms with Crippen molar-refractivity contribution in [3.63, 3.8) is 0 Å².